The maximum absolute atomic E-state index is 12.2. The number of nitrogens with one attached hydrogen (secondary N) is 1. The third kappa shape index (κ3) is 1.88. The molecule has 18 heavy (non-hydrogen) atoms. The molecule has 2 heterocycles. The zero-order chi connectivity index (χ0) is 13.3. The summed E-state index contributed by atoms with van der Waals surface area (Å²) in [7, 11) is 1.51. The zero-order valence-corrected chi connectivity index (χ0v) is 10.7. The summed E-state index contributed by atoms with van der Waals surface area (Å²) in [5.41, 5.74) is 1.34. The molecule has 0 aliphatic heterocycles. The fraction of sp³-hybridized carbons (Fsp3) is 0.308. The van der Waals surface area contributed by atoms with E-state index in [1.54, 1.807) is 18.3 Å². The molecule has 2 rings (SSSR count). The van der Waals surface area contributed by atoms with Gasteiger partial charge in [-0.3, -0.25) is 9.59 Å². The summed E-state index contributed by atoms with van der Waals surface area (Å²) in [6.07, 6.45) is 1.57. The highest BCUT2D eigenvalue weighted by molar-refractivity contribution is 5.96. The van der Waals surface area contributed by atoms with E-state index in [9.17, 15) is 9.59 Å². The van der Waals surface area contributed by atoms with E-state index in [1.165, 1.54) is 7.05 Å². The summed E-state index contributed by atoms with van der Waals surface area (Å²) in [6.45, 7) is 4.47. The topological polar surface area (TPSA) is 64.0 Å². The molecule has 5 heteroatoms. The summed E-state index contributed by atoms with van der Waals surface area (Å²) < 4.78 is 1.81. The molecule has 0 aromatic carbocycles. The van der Waals surface area contributed by atoms with E-state index >= 15 is 0 Å². The van der Waals surface area contributed by atoms with Crippen molar-refractivity contribution >= 4 is 16.9 Å². The minimum Gasteiger partial charge on any atom is -0.355 e. The minimum absolute atomic E-state index is 0.150. The van der Waals surface area contributed by atoms with Gasteiger partial charge in [-0.2, -0.15) is 0 Å². The second kappa shape index (κ2) is 4.60. The molecular formula is C13H15N3O2. The molecular weight excluding hydrogens is 230 g/mol. The number of nitrogens with zero attached hydrogens (tertiary/aromatic N) is 2. The third-order valence-electron chi connectivity index (χ3n) is 2.87. The molecule has 1 amide bonds. The Labute approximate surface area is 104 Å². The van der Waals surface area contributed by atoms with Crippen LogP contribution in [0.25, 0.3) is 11.0 Å². The van der Waals surface area contributed by atoms with Gasteiger partial charge in [0.2, 0.25) is 5.43 Å². The van der Waals surface area contributed by atoms with Crippen LogP contribution in [0.2, 0.25) is 0 Å². The predicted molar refractivity (Wildman–Crippen MR) is 69.8 cm³/mol. The lowest BCUT2D eigenvalue weighted by Gasteiger charge is -2.10. The highest BCUT2D eigenvalue weighted by Crippen LogP contribution is 2.10. The number of aryl methyl sites for hydroxylation is 2. The van der Waals surface area contributed by atoms with Crippen molar-refractivity contribution in [2.24, 2.45) is 0 Å². The number of rotatable bonds is 2. The van der Waals surface area contributed by atoms with Crippen molar-refractivity contribution in [1.82, 2.24) is 14.9 Å². The van der Waals surface area contributed by atoms with Gasteiger partial charge in [0.15, 0.2) is 0 Å². The first-order valence-corrected chi connectivity index (χ1v) is 5.81. The van der Waals surface area contributed by atoms with Crippen molar-refractivity contribution < 1.29 is 4.79 Å². The van der Waals surface area contributed by atoms with E-state index < -0.39 is 0 Å². The summed E-state index contributed by atoms with van der Waals surface area (Å²) in [5, 5.41) is 2.95. The quantitative estimate of drug-likeness (QED) is 0.861. The first-order chi connectivity index (χ1) is 8.58. The molecule has 0 radical (unpaired) electrons. The highest BCUT2D eigenvalue weighted by Gasteiger charge is 2.14. The van der Waals surface area contributed by atoms with E-state index in [0.717, 1.165) is 5.69 Å². The Hall–Kier alpha value is -2.17. The van der Waals surface area contributed by atoms with Gasteiger partial charge in [0, 0.05) is 25.5 Å². The first-order valence-electron chi connectivity index (χ1n) is 5.81. The van der Waals surface area contributed by atoms with Crippen LogP contribution in [0.5, 0.6) is 0 Å². The number of carbonyl (C=O) groups is 1. The molecule has 0 spiro atoms. The van der Waals surface area contributed by atoms with E-state index in [0.29, 0.717) is 17.6 Å². The summed E-state index contributed by atoms with van der Waals surface area (Å²) in [6, 6.07) is 3.50. The van der Waals surface area contributed by atoms with E-state index in [4.69, 9.17) is 0 Å². The largest absolute Gasteiger partial charge is 0.355 e. The number of hydrogen-bond donors (Lipinski definition) is 1. The van der Waals surface area contributed by atoms with Crippen molar-refractivity contribution in [3.8, 4) is 0 Å². The lowest BCUT2D eigenvalue weighted by molar-refractivity contribution is 0.0961. The summed E-state index contributed by atoms with van der Waals surface area (Å²) in [5.74, 6) is -0.371. The Morgan fingerprint density at radius 2 is 2.17 bits per heavy atom. The number of pyridine rings is 2. The maximum atomic E-state index is 12.2. The van der Waals surface area contributed by atoms with Crippen molar-refractivity contribution in [1.29, 1.82) is 0 Å². The van der Waals surface area contributed by atoms with Crippen molar-refractivity contribution in [3.63, 3.8) is 0 Å². The molecule has 0 aliphatic carbocycles. The average molecular weight is 245 g/mol. The molecule has 0 atom stereocenters. The predicted octanol–water partition coefficient (Wildman–Crippen LogP) is 1.08. The van der Waals surface area contributed by atoms with Gasteiger partial charge in [-0.15, -0.1) is 0 Å². The Bertz CT molecular complexity index is 674. The van der Waals surface area contributed by atoms with E-state index in [2.05, 4.69) is 10.3 Å². The Morgan fingerprint density at radius 1 is 1.44 bits per heavy atom. The van der Waals surface area contributed by atoms with Gasteiger partial charge in [0.05, 0.1) is 5.39 Å². The van der Waals surface area contributed by atoms with Gasteiger partial charge in [-0.1, -0.05) is 0 Å². The van der Waals surface area contributed by atoms with Gasteiger partial charge < -0.3 is 9.88 Å². The van der Waals surface area contributed by atoms with Crippen LogP contribution in [0.4, 0.5) is 0 Å². The van der Waals surface area contributed by atoms with Crippen molar-refractivity contribution in [2.45, 2.75) is 20.4 Å². The first kappa shape index (κ1) is 12.3. The number of amides is 1. The average Bonchev–Trinajstić information content (AvgIpc) is 2.38. The molecule has 1 N–H and O–H groups in total. The van der Waals surface area contributed by atoms with Crippen LogP contribution in [-0.2, 0) is 6.54 Å². The second-order valence-electron chi connectivity index (χ2n) is 4.06. The van der Waals surface area contributed by atoms with Gasteiger partial charge in [0.25, 0.3) is 5.91 Å². The molecule has 0 saturated heterocycles. The number of fused-ring (bicyclic) bond motifs is 1. The second-order valence-corrected chi connectivity index (χ2v) is 4.06. The Kier molecular flexibility index (Phi) is 3.14. The van der Waals surface area contributed by atoms with Gasteiger partial charge in [0.1, 0.15) is 11.2 Å². The van der Waals surface area contributed by atoms with Crippen LogP contribution in [0.3, 0.4) is 0 Å². The normalized spacial score (nSPS) is 10.6. The van der Waals surface area contributed by atoms with Crippen LogP contribution in [0, 0.1) is 6.92 Å². The SMILES string of the molecule is CCn1cc(C(=O)NC)c(=O)c2ccc(C)nc21. The monoisotopic (exact) mass is 245 g/mol. The highest BCUT2D eigenvalue weighted by atomic mass is 16.2. The molecule has 0 unspecified atom stereocenters. The molecule has 0 bridgehead atoms. The van der Waals surface area contributed by atoms with Crippen LogP contribution in [-0.4, -0.2) is 22.5 Å². The fourth-order valence-corrected chi connectivity index (χ4v) is 1.90. The smallest absolute Gasteiger partial charge is 0.256 e. The molecule has 94 valence electrons. The molecule has 5 nitrogen and oxygen atoms in total. The lowest BCUT2D eigenvalue weighted by atomic mass is 10.1. The number of aromatic nitrogens is 2. The van der Waals surface area contributed by atoms with E-state index in [1.807, 2.05) is 18.4 Å². The van der Waals surface area contributed by atoms with Crippen LogP contribution in [0.1, 0.15) is 23.0 Å². The van der Waals surface area contributed by atoms with Crippen LogP contribution < -0.4 is 10.7 Å². The molecule has 2 aromatic heterocycles. The Morgan fingerprint density at radius 3 is 2.78 bits per heavy atom. The molecule has 0 fully saturated rings. The summed E-state index contributed by atoms with van der Waals surface area (Å²) >= 11 is 0. The molecule has 0 saturated carbocycles. The minimum atomic E-state index is -0.371. The van der Waals surface area contributed by atoms with Crippen LogP contribution in [0.15, 0.2) is 23.1 Å². The standard InChI is InChI=1S/C13H15N3O2/c1-4-16-7-10(13(18)14-3)11(17)9-6-5-8(2)15-12(9)16/h5-7H,4H2,1-3H3,(H,14,18). The van der Waals surface area contributed by atoms with Gasteiger partial charge >= 0.3 is 0 Å². The third-order valence-corrected chi connectivity index (χ3v) is 2.87. The van der Waals surface area contributed by atoms with Crippen molar-refractivity contribution in [3.05, 3.63) is 39.8 Å². The fourth-order valence-electron chi connectivity index (χ4n) is 1.90. The Balaban J connectivity index is 2.87. The van der Waals surface area contributed by atoms with Crippen molar-refractivity contribution in [2.75, 3.05) is 7.05 Å². The molecule has 2 aromatic rings. The molecule has 0 aliphatic rings. The zero-order valence-electron chi connectivity index (χ0n) is 10.7. The van der Waals surface area contributed by atoms with E-state index in [-0.39, 0.29) is 16.9 Å². The number of carbonyl (C=O) groups excluding carboxylic acids is 1. The van der Waals surface area contributed by atoms with Gasteiger partial charge in [-0.05, 0) is 26.0 Å². The maximum Gasteiger partial charge on any atom is 0.256 e. The van der Waals surface area contributed by atoms with Gasteiger partial charge in [-0.25, -0.2) is 4.98 Å². The summed E-state index contributed by atoms with van der Waals surface area (Å²) in [4.78, 5) is 28.2. The van der Waals surface area contributed by atoms with Crippen LogP contribution >= 0.6 is 0 Å². The lowest BCUT2D eigenvalue weighted by Crippen LogP contribution is -2.27. The number of hydrogen-bond acceptors (Lipinski definition) is 3.